The molecule has 5 nitrogen and oxygen atoms in total. The van der Waals surface area contributed by atoms with E-state index in [-0.39, 0.29) is 5.91 Å². The Hall–Kier alpha value is -1.18. The van der Waals surface area contributed by atoms with Gasteiger partial charge in [-0.15, -0.1) is 11.3 Å². The first kappa shape index (κ1) is 17.6. The highest BCUT2D eigenvalue weighted by molar-refractivity contribution is 7.29. The zero-order valence-corrected chi connectivity index (χ0v) is 16.5. The Kier molecular flexibility index (Phi) is 5.42. The minimum Gasteiger partial charge on any atom is -0.349 e. The third-order valence-electron chi connectivity index (χ3n) is 4.90. The molecule has 1 aliphatic rings. The molecule has 3 rings (SSSR count). The van der Waals surface area contributed by atoms with Crippen LogP contribution in [0.15, 0.2) is 6.07 Å². The summed E-state index contributed by atoms with van der Waals surface area (Å²) in [5.41, 5.74) is 0. The van der Waals surface area contributed by atoms with E-state index in [9.17, 15) is 4.79 Å². The Morgan fingerprint density at radius 1 is 1.29 bits per heavy atom. The standard InChI is InChI=1S/C17H26N4OS2/c1-5-19(4)12-8-9-21(11-12)16(22)14-10-13-15(23-14)18-17(24-13)20(6-2)7-3/h10,12H,5-9,11H2,1-4H3/t12-/m0/s1. The molecular formula is C17H26N4OS2. The third kappa shape index (κ3) is 3.30. The summed E-state index contributed by atoms with van der Waals surface area (Å²) < 4.78 is 1.13. The number of likely N-dealkylation sites (tertiary alicyclic amines) is 1. The summed E-state index contributed by atoms with van der Waals surface area (Å²) in [5.74, 6) is 0.168. The summed E-state index contributed by atoms with van der Waals surface area (Å²) in [6.45, 7) is 11.1. The fourth-order valence-electron chi connectivity index (χ4n) is 3.16. The molecular weight excluding hydrogens is 340 g/mol. The highest BCUT2D eigenvalue weighted by Crippen LogP contribution is 2.35. The highest BCUT2D eigenvalue weighted by Gasteiger charge is 2.30. The van der Waals surface area contributed by atoms with Crippen LogP contribution in [0, 0.1) is 0 Å². The molecule has 2 aromatic rings. The van der Waals surface area contributed by atoms with Gasteiger partial charge in [0.15, 0.2) is 5.13 Å². The molecule has 0 aliphatic carbocycles. The summed E-state index contributed by atoms with van der Waals surface area (Å²) in [6.07, 6.45) is 1.07. The number of carbonyl (C=O) groups is 1. The maximum atomic E-state index is 12.8. The van der Waals surface area contributed by atoms with Crippen molar-refractivity contribution >= 4 is 43.2 Å². The van der Waals surface area contributed by atoms with Crippen molar-refractivity contribution in [2.75, 3.05) is 44.7 Å². The number of thiazole rings is 1. The molecule has 0 radical (unpaired) electrons. The number of nitrogens with zero attached hydrogens (tertiary/aromatic N) is 4. The lowest BCUT2D eigenvalue weighted by Gasteiger charge is -2.22. The molecule has 0 saturated carbocycles. The van der Waals surface area contributed by atoms with Crippen LogP contribution in [-0.4, -0.2) is 66.5 Å². The van der Waals surface area contributed by atoms with E-state index in [1.807, 2.05) is 11.0 Å². The monoisotopic (exact) mass is 366 g/mol. The van der Waals surface area contributed by atoms with Gasteiger partial charge in [-0.3, -0.25) is 4.79 Å². The maximum Gasteiger partial charge on any atom is 0.264 e. The second-order valence-electron chi connectivity index (χ2n) is 6.22. The molecule has 132 valence electrons. The minimum atomic E-state index is 0.168. The Morgan fingerprint density at radius 3 is 2.67 bits per heavy atom. The SMILES string of the molecule is CCN(CC)c1nc2sc(C(=O)N3CC[C@H](N(C)CC)C3)cc2s1. The van der Waals surface area contributed by atoms with E-state index in [0.29, 0.717) is 6.04 Å². The van der Waals surface area contributed by atoms with Gasteiger partial charge in [0.05, 0.1) is 9.58 Å². The summed E-state index contributed by atoms with van der Waals surface area (Å²) >= 11 is 3.23. The van der Waals surface area contributed by atoms with Crippen LogP contribution < -0.4 is 4.90 Å². The largest absolute Gasteiger partial charge is 0.349 e. The number of fused-ring (bicyclic) bond motifs is 1. The molecule has 0 spiro atoms. The molecule has 7 heteroatoms. The molecule has 0 bridgehead atoms. The number of amides is 1. The zero-order valence-electron chi connectivity index (χ0n) is 14.9. The molecule has 0 aromatic carbocycles. The van der Waals surface area contributed by atoms with Crippen molar-refractivity contribution in [3.63, 3.8) is 0 Å². The van der Waals surface area contributed by atoms with Gasteiger partial charge in [0, 0.05) is 32.2 Å². The van der Waals surface area contributed by atoms with Crippen LogP contribution in [0.2, 0.25) is 0 Å². The fourth-order valence-corrected chi connectivity index (χ4v) is 5.46. The van der Waals surface area contributed by atoms with Crippen molar-refractivity contribution in [3.05, 3.63) is 10.9 Å². The van der Waals surface area contributed by atoms with Gasteiger partial charge in [-0.1, -0.05) is 18.3 Å². The van der Waals surface area contributed by atoms with E-state index in [1.54, 1.807) is 11.3 Å². The van der Waals surface area contributed by atoms with E-state index in [0.717, 1.165) is 58.7 Å². The Bertz CT molecular complexity index is 675. The average molecular weight is 367 g/mol. The lowest BCUT2D eigenvalue weighted by atomic mass is 10.2. The van der Waals surface area contributed by atoms with E-state index >= 15 is 0 Å². The van der Waals surface area contributed by atoms with E-state index in [4.69, 9.17) is 4.98 Å². The number of thiophene rings is 1. The molecule has 24 heavy (non-hydrogen) atoms. The molecule has 1 aliphatic heterocycles. The maximum absolute atomic E-state index is 12.8. The molecule has 0 N–H and O–H groups in total. The number of hydrogen-bond donors (Lipinski definition) is 0. The van der Waals surface area contributed by atoms with Crippen LogP contribution in [-0.2, 0) is 0 Å². The van der Waals surface area contributed by atoms with E-state index in [2.05, 4.69) is 37.6 Å². The first-order chi connectivity index (χ1) is 11.6. The van der Waals surface area contributed by atoms with Crippen molar-refractivity contribution in [1.82, 2.24) is 14.8 Å². The lowest BCUT2D eigenvalue weighted by Crippen LogP contribution is -2.36. The van der Waals surface area contributed by atoms with Gasteiger partial charge in [-0.25, -0.2) is 4.98 Å². The van der Waals surface area contributed by atoms with Crippen LogP contribution in [0.5, 0.6) is 0 Å². The van der Waals surface area contributed by atoms with Crippen molar-refractivity contribution in [1.29, 1.82) is 0 Å². The average Bonchev–Trinajstić information content (AvgIpc) is 3.29. The van der Waals surface area contributed by atoms with Gasteiger partial charge in [0.1, 0.15) is 4.83 Å². The van der Waals surface area contributed by atoms with Gasteiger partial charge in [-0.05, 0) is 39.9 Å². The normalized spacial score (nSPS) is 18.0. The molecule has 1 amide bonds. The predicted octanol–water partition coefficient (Wildman–Crippen LogP) is 3.37. The summed E-state index contributed by atoms with van der Waals surface area (Å²) in [5, 5.41) is 1.06. The number of likely N-dealkylation sites (N-methyl/N-ethyl adjacent to an activating group) is 1. The number of rotatable bonds is 6. The third-order valence-corrected chi connectivity index (χ3v) is 7.10. The molecule has 0 unspecified atom stereocenters. The number of aromatic nitrogens is 1. The predicted molar refractivity (Wildman–Crippen MR) is 104 cm³/mol. The van der Waals surface area contributed by atoms with Crippen molar-refractivity contribution in [2.45, 2.75) is 33.2 Å². The minimum absolute atomic E-state index is 0.168. The molecule has 1 atom stereocenters. The lowest BCUT2D eigenvalue weighted by molar-refractivity contribution is 0.0786. The van der Waals surface area contributed by atoms with E-state index in [1.165, 1.54) is 11.3 Å². The Morgan fingerprint density at radius 2 is 2.04 bits per heavy atom. The highest BCUT2D eigenvalue weighted by atomic mass is 32.1. The van der Waals surface area contributed by atoms with Gasteiger partial charge < -0.3 is 14.7 Å². The summed E-state index contributed by atoms with van der Waals surface area (Å²) in [6, 6.07) is 2.52. The fraction of sp³-hybridized carbons (Fsp3) is 0.647. The Labute approximate surface area is 151 Å². The van der Waals surface area contributed by atoms with Crippen molar-refractivity contribution in [3.8, 4) is 0 Å². The zero-order chi connectivity index (χ0) is 17.3. The van der Waals surface area contributed by atoms with Crippen molar-refractivity contribution in [2.24, 2.45) is 0 Å². The second-order valence-corrected chi connectivity index (χ2v) is 8.26. The topological polar surface area (TPSA) is 39.7 Å². The first-order valence-corrected chi connectivity index (χ1v) is 10.3. The molecule has 1 saturated heterocycles. The summed E-state index contributed by atoms with van der Waals surface area (Å²) in [4.78, 5) is 25.9. The van der Waals surface area contributed by atoms with Crippen LogP contribution in [0.1, 0.15) is 36.9 Å². The van der Waals surface area contributed by atoms with Gasteiger partial charge >= 0.3 is 0 Å². The number of hydrogen-bond acceptors (Lipinski definition) is 6. The Balaban J connectivity index is 1.73. The molecule has 3 heterocycles. The van der Waals surface area contributed by atoms with Crippen LogP contribution in [0.25, 0.3) is 9.53 Å². The first-order valence-electron chi connectivity index (χ1n) is 8.72. The number of anilines is 1. The molecule has 1 fully saturated rings. The van der Waals surface area contributed by atoms with Crippen molar-refractivity contribution < 1.29 is 4.79 Å². The van der Waals surface area contributed by atoms with Crippen LogP contribution in [0.4, 0.5) is 5.13 Å². The van der Waals surface area contributed by atoms with Crippen LogP contribution in [0.3, 0.4) is 0 Å². The van der Waals surface area contributed by atoms with Gasteiger partial charge in [-0.2, -0.15) is 0 Å². The van der Waals surface area contributed by atoms with Gasteiger partial charge in [0.25, 0.3) is 5.91 Å². The quantitative estimate of drug-likeness (QED) is 0.786. The number of carbonyl (C=O) groups excluding carboxylic acids is 1. The van der Waals surface area contributed by atoms with Gasteiger partial charge in [0.2, 0.25) is 0 Å². The smallest absolute Gasteiger partial charge is 0.264 e. The molecule has 2 aromatic heterocycles. The second kappa shape index (κ2) is 7.37. The summed E-state index contributed by atoms with van der Waals surface area (Å²) in [7, 11) is 2.14. The van der Waals surface area contributed by atoms with Crippen LogP contribution >= 0.6 is 22.7 Å². The van der Waals surface area contributed by atoms with E-state index < -0.39 is 0 Å².